The molecule has 1 saturated heterocycles. The van der Waals surface area contributed by atoms with Gasteiger partial charge in [0.1, 0.15) is 12.4 Å². The number of morpholine rings is 1. The van der Waals surface area contributed by atoms with E-state index in [1.807, 2.05) is 59.0 Å². The number of carbonyl (C=O) groups excluding carboxylic acids is 1. The molecule has 0 atom stereocenters. The molecule has 0 radical (unpaired) electrons. The number of benzene rings is 2. The number of halogens is 1. The Labute approximate surface area is 210 Å². The van der Waals surface area contributed by atoms with Gasteiger partial charge in [-0.15, -0.1) is 0 Å². The van der Waals surface area contributed by atoms with E-state index in [1.54, 1.807) is 12.3 Å². The van der Waals surface area contributed by atoms with E-state index in [-0.39, 0.29) is 18.0 Å². The lowest BCUT2D eigenvalue weighted by atomic mass is 10.2. The van der Waals surface area contributed by atoms with Crippen molar-refractivity contribution < 1.29 is 9.53 Å². The van der Waals surface area contributed by atoms with Gasteiger partial charge in [0.25, 0.3) is 5.56 Å². The lowest BCUT2D eigenvalue weighted by Crippen LogP contribution is -2.42. The highest BCUT2D eigenvalue weighted by molar-refractivity contribution is 9.10. The molecule has 35 heavy (non-hydrogen) atoms. The Bertz CT molecular complexity index is 1480. The van der Waals surface area contributed by atoms with Crippen LogP contribution in [0.3, 0.4) is 0 Å². The Morgan fingerprint density at radius 3 is 2.77 bits per heavy atom. The maximum atomic E-state index is 13.3. The van der Waals surface area contributed by atoms with Crippen molar-refractivity contribution in [1.82, 2.24) is 19.1 Å². The number of hydrogen-bond donors (Lipinski definition) is 0. The first-order valence-corrected chi connectivity index (χ1v) is 12.5. The number of amides is 1. The monoisotopic (exact) mass is 535 g/mol. The van der Waals surface area contributed by atoms with E-state index in [1.165, 1.54) is 4.68 Å². The standard InChI is InChI=1S/C26H26BrN5O3/c1-2-5-24-29-22-9-8-19(27)14-21(22)26(34)32(24)28-15-18-16-31(23-7-4-3-6-20(18)23)17-25(33)30-10-12-35-13-11-30/h3-4,6-9,14-16H,2,5,10-13,17H2,1H3. The molecule has 1 aliphatic rings. The van der Waals surface area contributed by atoms with E-state index in [2.05, 4.69) is 21.0 Å². The van der Waals surface area contributed by atoms with Crippen LogP contribution < -0.4 is 5.56 Å². The van der Waals surface area contributed by atoms with Crippen LogP contribution in [0.2, 0.25) is 0 Å². The van der Waals surface area contributed by atoms with E-state index >= 15 is 0 Å². The zero-order valence-electron chi connectivity index (χ0n) is 19.5. The lowest BCUT2D eigenvalue weighted by Gasteiger charge is -2.27. The van der Waals surface area contributed by atoms with Crippen LogP contribution in [-0.4, -0.2) is 57.6 Å². The van der Waals surface area contributed by atoms with Crippen LogP contribution in [0.1, 0.15) is 24.7 Å². The Morgan fingerprint density at radius 2 is 1.97 bits per heavy atom. The fourth-order valence-electron chi connectivity index (χ4n) is 4.39. The van der Waals surface area contributed by atoms with Crippen LogP contribution in [0.4, 0.5) is 0 Å². The maximum Gasteiger partial charge on any atom is 0.282 e. The molecule has 3 heterocycles. The van der Waals surface area contributed by atoms with Crippen molar-refractivity contribution >= 4 is 49.9 Å². The first kappa shape index (κ1) is 23.4. The number of nitrogens with zero attached hydrogens (tertiary/aromatic N) is 5. The van der Waals surface area contributed by atoms with Crippen LogP contribution in [0, 0.1) is 0 Å². The highest BCUT2D eigenvalue weighted by Gasteiger charge is 2.18. The van der Waals surface area contributed by atoms with Gasteiger partial charge in [-0.2, -0.15) is 9.78 Å². The first-order valence-electron chi connectivity index (χ1n) is 11.7. The van der Waals surface area contributed by atoms with Crippen molar-refractivity contribution in [2.24, 2.45) is 5.10 Å². The van der Waals surface area contributed by atoms with E-state index in [0.717, 1.165) is 27.4 Å². The molecule has 1 fully saturated rings. The van der Waals surface area contributed by atoms with Gasteiger partial charge in [-0.05, 0) is 30.7 Å². The van der Waals surface area contributed by atoms with Gasteiger partial charge in [-0.3, -0.25) is 9.59 Å². The number of hydrogen-bond acceptors (Lipinski definition) is 5. The Hall–Kier alpha value is -3.30. The number of fused-ring (bicyclic) bond motifs is 2. The summed E-state index contributed by atoms with van der Waals surface area (Å²) < 4.78 is 9.52. The molecule has 0 saturated carbocycles. The number of aryl methyl sites for hydroxylation is 1. The predicted molar refractivity (Wildman–Crippen MR) is 140 cm³/mol. The fraction of sp³-hybridized carbons (Fsp3) is 0.308. The van der Waals surface area contributed by atoms with Crippen LogP contribution >= 0.6 is 15.9 Å². The molecule has 8 nitrogen and oxygen atoms in total. The molecule has 180 valence electrons. The molecule has 0 bridgehead atoms. The molecule has 1 amide bonds. The predicted octanol–water partition coefficient (Wildman–Crippen LogP) is 3.81. The fourth-order valence-corrected chi connectivity index (χ4v) is 4.75. The van der Waals surface area contributed by atoms with Gasteiger partial charge in [0.15, 0.2) is 0 Å². The number of aromatic nitrogens is 3. The molecule has 0 unspecified atom stereocenters. The topological polar surface area (TPSA) is 81.7 Å². The van der Waals surface area contributed by atoms with Crippen molar-refractivity contribution in [3.8, 4) is 0 Å². The zero-order valence-corrected chi connectivity index (χ0v) is 21.1. The summed E-state index contributed by atoms with van der Waals surface area (Å²) in [6, 6.07) is 13.4. The second-order valence-electron chi connectivity index (χ2n) is 8.52. The van der Waals surface area contributed by atoms with Crippen LogP contribution in [0.5, 0.6) is 0 Å². The summed E-state index contributed by atoms with van der Waals surface area (Å²) >= 11 is 3.44. The van der Waals surface area contributed by atoms with Gasteiger partial charge in [0.2, 0.25) is 5.91 Å². The third-order valence-electron chi connectivity index (χ3n) is 6.15. The highest BCUT2D eigenvalue weighted by Crippen LogP contribution is 2.21. The Morgan fingerprint density at radius 1 is 1.17 bits per heavy atom. The van der Waals surface area contributed by atoms with Gasteiger partial charge in [-0.25, -0.2) is 4.98 Å². The van der Waals surface area contributed by atoms with Crippen LogP contribution in [0.25, 0.3) is 21.8 Å². The van der Waals surface area contributed by atoms with Gasteiger partial charge in [0.05, 0.1) is 30.3 Å². The normalized spacial score (nSPS) is 14.4. The summed E-state index contributed by atoms with van der Waals surface area (Å²) in [5.74, 6) is 0.679. The maximum absolute atomic E-state index is 13.3. The lowest BCUT2D eigenvalue weighted by molar-refractivity contribution is -0.135. The zero-order chi connectivity index (χ0) is 24.4. The summed E-state index contributed by atoms with van der Waals surface area (Å²) in [7, 11) is 0. The first-order chi connectivity index (χ1) is 17.0. The van der Waals surface area contributed by atoms with Gasteiger partial charge in [0, 0.05) is 46.6 Å². The van der Waals surface area contributed by atoms with Crippen molar-refractivity contribution in [1.29, 1.82) is 0 Å². The average molecular weight is 536 g/mol. The average Bonchev–Trinajstić information content (AvgIpc) is 3.22. The van der Waals surface area contributed by atoms with Crippen molar-refractivity contribution in [2.45, 2.75) is 26.3 Å². The smallest absolute Gasteiger partial charge is 0.282 e. The Kier molecular flexibility index (Phi) is 6.79. The molecule has 0 aliphatic carbocycles. The summed E-state index contributed by atoms with van der Waals surface area (Å²) in [6.45, 7) is 4.65. The van der Waals surface area contributed by atoms with E-state index < -0.39 is 0 Å². The van der Waals surface area contributed by atoms with E-state index in [9.17, 15) is 9.59 Å². The summed E-state index contributed by atoms with van der Waals surface area (Å²) in [5.41, 5.74) is 2.23. The van der Waals surface area contributed by atoms with Crippen molar-refractivity contribution in [3.63, 3.8) is 0 Å². The second-order valence-corrected chi connectivity index (χ2v) is 9.44. The molecule has 1 aliphatic heterocycles. The largest absolute Gasteiger partial charge is 0.378 e. The molecule has 2 aromatic heterocycles. The van der Waals surface area contributed by atoms with Crippen molar-refractivity contribution in [2.75, 3.05) is 26.3 Å². The minimum absolute atomic E-state index is 0.0586. The second kappa shape index (κ2) is 10.1. The Balaban J connectivity index is 1.53. The number of rotatable bonds is 6. The summed E-state index contributed by atoms with van der Waals surface area (Å²) in [4.78, 5) is 32.7. The molecule has 4 aromatic rings. The number of ether oxygens (including phenoxy) is 1. The highest BCUT2D eigenvalue weighted by atomic mass is 79.9. The van der Waals surface area contributed by atoms with E-state index in [4.69, 9.17) is 9.72 Å². The quantitative estimate of drug-likeness (QED) is 0.351. The molecule has 0 N–H and O–H groups in total. The minimum Gasteiger partial charge on any atom is -0.378 e. The molecular formula is C26H26BrN5O3. The third-order valence-corrected chi connectivity index (χ3v) is 6.64. The van der Waals surface area contributed by atoms with Crippen LogP contribution in [-0.2, 0) is 22.5 Å². The number of para-hydroxylation sites is 1. The van der Waals surface area contributed by atoms with Crippen molar-refractivity contribution in [3.05, 3.63) is 74.9 Å². The molecule has 5 rings (SSSR count). The molecule has 2 aromatic carbocycles. The SMILES string of the molecule is CCCc1nc2ccc(Br)cc2c(=O)n1N=Cc1cn(CC(=O)N2CCOCC2)c2ccccc12. The molecular weight excluding hydrogens is 510 g/mol. The van der Waals surface area contributed by atoms with Gasteiger partial charge >= 0.3 is 0 Å². The third kappa shape index (κ3) is 4.78. The minimum atomic E-state index is -0.206. The number of carbonyl (C=O) groups is 1. The van der Waals surface area contributed by atoms with Gasteiger partial charge in [-0.1, -0.05) is 41.1 Å². The van der Waals surface area contributed by atoms with Gasteiger partial charge < -0.3 is 14.2 Å². The summed E-state index contributed by atoms with van der Waals surface area (Å²) in [6.07, 6.45) is 5.08. The molecule has 0 spiro atoms. The van der Waals surface area contributed by atoms with Crippen LogP contribution in [0.15, 0.2) is 63.0 Å². The van der Waals surface area contributed by atoms with E-state index in [0.29, 0.717) is 49.5 Å². The molecule has 9 heteroatoms. The summed E-state index contributed by atoms with van der Waals surface area (Å²) in [5, 5.41) is 6.06.